The van der Waals surface area contributed by atoms with Gasteiger partial charge in [-0.3, -0.25) is 20.8 Å². The lowest BCUT2D eigenvalue weighted by molar-refractivity contribution is -0.384. The molecule has 8 heteroatoms. The molecule has 4 N–H and O–H groups in total. The Morgan fingerprint density at radius 1 is 1.52 bits per heavy atom. The van der Waals surface area contributed by atoms with Crippen molar-refractivity contribution in [2.24, 2.45) is 5.84 Å². The molecule has 0 radical (unpaired) electrons. The Bertz CT molecular complexity index is 529. The summed E-state index contributed by atoms with van der Waals surface area (Å²) in [5, 5.41) is 13.6. The number of nitrogens with one attached hydrogen (secondary N) is 2. The van der Waals surface area contributed by atoms with Gasteiger partial charge in [0.2, 0.25) is 0 Å². The van der Waals surface area contributed by atoms with Crippen LogP contribution < -0.4 is 16.6 Å². The summed E-state index contributed by atoms with van der Waals surface area (Å²) in [6.45, 7) is 1.26. The van der Waals surface area contributed by atoms with E-state index in [9.17, 15) is 14.9 Å². The highest BCUT2D eigenvalue weighted by molar-refractivity contribution is 5.95. The lowest BCUT2D eigenvalue weighted by Crippen LogP contribution is -2.27. The molecule has 1 unspecified atom stereocenters. The predicted molar refractivity (Wildman–Crippen MR) is 76.8 cm³/mol. The first kappa shape index (κ1) is 15.2. The average Bonchev–Trinajstić information content (AvgIpc) is 2.99. The van der Waals surface area contributed by atoms with E-state index >= 15 is 0 Å². The van der Waals surface area contributed by atoms with Gasteiger partial charge in [0, 0.05) is 24.8 Å². The van der Waals surface area contributed by atoms with Crippen molar-refractivity contribution < 1.29 is 14.5 Å². The van der Waals surface area contributed by atoms with Gasteiger partial charge in [0.1, 0.15) is 5.69 Å². The molecule has 1 aromatic carbocycles. The fraction of sp³-hybridized carbons (Fsp3) is 0.462. The van der Waals surface area contributed by atoms with E-state index in [2.05, 4.69) is 10.7 Å². The Hall–Kier alpha value is -2.19. The molecule has 21 heavy (non-hydrogen) atoms. The van der Waals surface area contributed by atoms with E-state index in [0.29, 0.717) is 6.54 Å². The zero-order valence-electron chi connectivity index (χ0n) is 11.5. The van der Waals surface area contributed by atoms with Crippen LogP contribution in [0.15, 0.2) is 18.2 Å². The molecular formula is C13H18N4O4. The summed E-state index contributed by atoms with van der Waals surface area (Å²) in [5.41, 5.74) is 2.39. The third-order valence-corrected chi connectivity index (χ3v) is 3.39. The second-order valence-electron chi connectivity index (χ2n) is 4.81. The van der Waals surface area contributed by atoms with Crippen LogP contribution in [0, 0.1) is 10.1 Å². The first-order valence-electron chi connectivity index (χ1n) is 6.76. The molecule has 0 bridgehead atoms. The smallest absolute Gasteiger partial charge is 0.294 e. The van der Waals surface area contributed by atoms with Crippen LogP contribution in [0.3, 0.4) is 0 Å². The normalized spacial score (nSPS) is 17.5. The maximum absolute atomic E-state index is 12.0. The number of carbonyl (C=O) groups excluding carboxylic acids is 1. The molecule has 1 heterocycles. The minimum absolute atomic E-state index is 0.163. The zero-order chi connectivity index (χ0) is 15.2. The standard InChI is InChI=1S/C13H18N4O4/c14-16-11-4-3-9(8-12(11)17(19)20)13(18)15-6-5-10-2-1-7-21-10/h3-4,8,10,16H,1-2,5-7,14H2,(H,15,18). The topological polar surface area (TPSA) is 120 Å². The Balaban J connectivity index is 1.95. The van der Waals surface area contributed by atoms with Crippen molar-refractivity contribution in [3.8, 4) is 0 Å². The van der Waals surface area contributed by atoms with Crippen LogP contribution in [0.4, 0.5) is 11.4 Å². The number of anilines is 1. The van der Waals surface area contributed by atoms with Gasteiger partial charge in [0.15, 0.2) is 0 Å². The highest BCUT2D eigenvalue weighted by Crippen LogP contribution is 2.24. The number of nitrogens with zero attached hydrogens (tertiary/aromatic N) is 1. The molecule has 1 aromatic rings. The van der Waals surface area contributed by atoms with E-state index in [4.69, 9.17) is 10.6 Å². The third kappa shape index (κ3) is 3.89. The van der Waals surface area contributed by atoms with Crippen molar-refractivity contribution in [3.63, 3.8) is 0 Å². The fourth-order valence-corrected chi connectivity index (χ4v) is 2.27. The fourth-order valence-electron chi connectivity index (χ4n) is 2.27. The van der Waals surface area contributed by atoms with Crippen molar-refractivity contribution in [3.05, 3.63) is 33.9 Å². The van der Waals surface area contributed by atoms with Gasteiger partial charge < -0.3 is 15.5 Å². The molecule has 0 spiro atoms. The van der Waals surface area contributed by atoms with Crippen LogP contribution in [0.25, 0.3) is 0 Å². The van der Waals surface area contributed by atoms with Gasteiger partial charge >= 0.3 is 0 Å². The van der Waals surface area contributed by atoms with E-state index in [1.165, 1.54) is 18.2 Å². The Morgan fingerprint density at radius 2 is 2.33 bits per heavy atom. The van der Waals surface area contributed by atoms with E-state index in [0.717, 1.165) is 25.9 Å². The molecule has 1 saturated heterocycles. The van der Waals surface area contributed by atoms with Gasteiger partial charge in [0.25, 0.3) is 11.6 Å². The summed E-state index contributed by atoms with van der Waals surface area (Å²) in [5.74, 6) is 4.85. The number of rotatable bonds is 6. The Kier molecular flexibility index (Phi) is 5.07. The van der Waals surface area contributed by atoms with Crippen molar-refractivity contribution in [2.75, 3.05) is 18.6 Å². The van der Waals surface area contributed by atoms with Crippen LogP contribution in [-0.2, 0) is 4.74 Å². The molecule has 8 nitrogen and oxygen atoms in total. The van der Waals surface area contributed by atoms with Crippen LogP contribution >= 0.6 is 0 Å². The molecule has 2 rings (SSSR count). The number of ether oxygens (including phenoxy) is 1. The van der Waals surface area contributed by atoms with E-state index < -0.39 is 4.92 Å². The third-order valence-electron chi connectivity index (χ3n) is 3.39. The summed E-state index contributed by atoms with van der Waals surface area (Å²) in [4.78, 5) is 22.3. The summed E-state index contributed by atoms with van der Waals surface area (Å²) in [6, 6.07) is 4.10. The number of nitro groups is 1. The Labute approximate surface area is 121 Å². The first-order chi connectivity index (χ1) is 10.1. The highest BCUT2D eigenvalue weighted by Gasteiger charge is 2.18. The number of hydrazine groups is 1. The van der Waals surface area contributed by atoms with Crippen molar-refractivity contribution >= 4 is 17.3 Å². The molecule has 1 amide bonds. The van der Waals surface area contributed by atoms with Crippen molar-refractivity contribution in [2.45, 2.75) is 25.4 Å². The maximum Gasteiger partial charge on any atom is 0.294 e. The number of amides is 1. The van der Waals surface area contributed by atoms with E-state index in [-0.39, 0.29) is 28.9 Å². The predicted octanol–water partition coefficient (Wildman–Crippen LogP) is 1.18. The molecule has 114 valence electrons. The minimum Gasteiger partial charge on any atom is -0.378 e. The van der Waals surface area contributed by atoms with Crippen LogP contribution in [0.2, 0.25) is 0 Å². The van der Waals surface area contributed by atoms with Crippen LogP contribution in [-0.4, -0.2) is 30.1 Å². The number of hydrogen-bond donors (Lipinski definition) is 3. The van der Waals surface area contributed by atoms with Gasteiger partial charge in [0.05, 0.1) is 11.0 Å². The SMILES string of the molecule is NNc1ccc(C(=O)NCCC2CCCO2)cc1[N+](=O)[O-]. The summed E-state index contributed by atoms with van der Waals surface area (Å²) < 4.78 is 5.46. The zero-order valence-corrected chi connectivity index (χ0v) is 11.5. The molecule has 1 aliphatic heterocycles. The number of nitro benzene ring substituents is 1. The number of carbonyl (C=O) groups is 1. The van der Waals surface area contributed by atoms with Crippen molar-refractivity contribution in [1.82, 2.24) is 5.32 Å². The largest absolute Gasteiger partial charge is 0.378 e. The van der Waals surface area contributed by atoms with Crippen LogP contribution in [0.5, 0.6) is 0 Å². The maximum atomic E-state index is 12.0. The number of benzene rings is 1. The molecule has 0 aliphatic carbocycles. The average molecular weight is 294 g/mol. The van der Waals surface area contributed by atoms with Gasteiger partial charge in [-0.2, -0.15) is 0 Å². The number of hydrogen-bond acceptors (Lipinski definition) is 6. The highest BCUT2D eigenvalue weighted by atomic mass is 16.6. The molecule has 1 fully saturated rings. The minimum atomic E-state index is -0.585. The number of nitrogens with two attached hydrogens (primary N) is 1. The van der Waals surface area contributed by atoms with Gasteiger partial charge in [-0.05, 0) is 31.4 Å². The van der Waals surface area contributed by atoms with Gasteiger partial charge in [-0.25, -0.2) is 0 Å². The molecule has 1 atom stereocenters. The Morgan fingerprint density at radius 3 is 2.95 bits per heavy atom. The summed E-state index contributed by atoms with van der Waals surface area (Å²) in [7, 11) is 0. The second kappa shape index (κ2) is 7.00. The monoisotopic (exact) mass is 294 g/mol. The summed E-state index contributed by atoms with van der Waals surface area (Å²) >= 11 is 0. The van der Waals surface area contributed by atoms with Crippen LogP contribution in [0.1, 0.15) is 29.6 Å². The summed E-state index contributed by atoms with van der Waals surface area (Å²) in [6.07, 6.45) is 3.01. The lowest BCUT2D eigenvalue weighted by Gasteiger charge is -2.10. The quantitative estimate of drug-likeness (QED) is 0.411. The second-order valence-corrected chi connectivity index (χ2v) is 4.81. The van der Waals surface area contributed by atoms with Gasteiger partial charge in [-0.15, -0.1) is 0 Å². The first-order valence-corrected chi connectivity index (χ1v) is 6.76. The molecule has 1 aliphatic rings. The van der Waals surface area contributed by atoms with E-state index in [1.54, 1.807) is 0 Å². The molecule has 0 aromatic heterocycles. The van der Waals surface area contributed by atoms with E-state index in [1.807, 2.05) is 0 Å². The molecule has 0 saturated carbocycles. The van der Waals surface area contributed by atoms with Crippen molar-refractivity contribution in [1.29, 1.82) is 0 Å². The van der Waals surface area contributed by atoms with Gasteiger partial charge in [-0.1, -0.05) is 0 Å². The number of nitrogen functional groups attached to an aromatic ring is 1. The molecular weight excluding hydrogens is 276 g/mol. The lowest BCUT2D eigenvalue weighted by atomic mass is 10.1.